The fourth-order valence-electron chi connectivity index (χ4n) is 0.241. The van der Waals surface area contributed by atoms with Gasteiger partial charge in [-0.05, 0) is 0 Å². The molecule has 0 aliphatic rings. The first kappa shape index (κ1) is 5.80. The third-order valence-corrected chi connectivity index (χ3v) is 0.442. The van der Waals surface area contributed by atoms with E-state index >= 15 is 0 Å². The molecule has 1 rings (SSSR count). The van der Waals surface area contributed by atoms with E-state index in [9.17, 15) is 0 Å². The Kier molecular flexibility index (Phi) is 2.91. The Balaban J connectivity index is 0.000000250. The van der Waals surface area contributed by atoms with Gasteiger partial charge < -0.3 is 4.98 Å². The molecule has 0 unspecified atom stereocenters. The molecule has 1 nitrogen and oxygen atoms in total. The first-order chi connectivity index (χ1) is 2.50. The number of aromatic amines is 1. The number of rotatable bonds is 0. The van der Waals surface area contributed by atoms with Crippen LogP contribution < -0.4 is 0 Å². The molecule has 0 spiro atoms. The van der Waals surface area contributed by atoms with Crippen LogP contribution in [0.1, 0.15) is 0 Å². The molecule has 0 bridgehead atoms. The monoisotopic (exact) mass is 122 g/mol. The van der Waals surface area contributed by atoms with Crippen LogP contribution in [0.15, 0.2) is 18.3 Å². The van der Waals surface area contributed by atoms with Gasteiger partial charge in [-0.3, -0.25) is 0 Å². The molecular formula is C4H4FeN-. The minimum absolute atomic E-state index is 0. The zero-order chi connectivity index (χ0) is 3.54. The zero-order valence-electron chi connectivity index (χ0n) is 3.09. The second-order valence-corrected chi connectivity index (χ2v) is 0.814. The first-order valence-electron chi connectivity index (χ1n) is 1.49. The molecule has 0 amide bonds. The Morgan fingerprint density at radius 3 is 2.50 bits per heavy atom. The molecule has 1 aromatic rings. The smallest absolute Gasteiger partial charge is 0 e. The summed E-state index contributed by atoms with van der Waals surface area (Å²) in [5, 5.41) is 0. The van der Waals surface area contributed by atoms with Crippen LogP contribution in [0.3, 0.4) is 0 Å². The van der Waals surface area contributed by atoms with Gasteiger partial charge in [-0.15, -0.1) is 6.20 Å². The van der Waals surface area contributed by atoms with Crippen molar-refractivity contribution in [2.45, 2.75) is 0 Å². The standard InChI is InChI=1S/C4H4N.Fe/c1-2-4-5-3-1;/h1-3,5H;/q-1;. The Labute approximate surface area is 47.2 Å². The van der Waals surface area contributed by atoms with Crippen LogP contribution in [0, 0.1) is 6.20 Å². The number of H-pyrrole nitrogens is 1. The van der Waals surface area contributed by atoms with Gasteiger partial charge in [0, 0.05) is 17.1 Å². The van der Waals surface area contributed by atoms with Gasteiger partial charge in [0.1, 0.15) is 0 Å². The van der Waals surface area contributed by atoms with Gasteiger partial charge in [-0.2, -0.15) is 18.3 Å². The second-order valence-electron chi connectivity index (χ2n) is 0.814. The average molecular weight is 122 g/mol. The molecule has 0 aliphatic carbocycles. The normalized spacial score (nSPS) is 6.67. The maximum atomic E-state index is 2.74. The van der Waals surface area contributed by atoms with E-state index in [2.05, 4.69) is 11.2 Å². The summed E-state index contributed by atoms with van der Waals surface area (Å²) < 4.78 is 0. The molecule has 1 heterocycles. The van der Waals surface area contributed by atoms with Crippen molar-refractivity contribution < 1.29 is 17.1 Å². The molecule has 0 aromatic carbocycles. The molecule has 0 fully saturated rings. The van der Waals surface area contributed by atoms with Gasteiger partial charge in [0.2, 0.25) is 0 Å². The Morgan fingerprint density at radius 2 is 2.33 bits per heavy atom. The molecule has 6 heavy (non-hydrogen) atoms. The summed E-state index contributed by atoms with van der Waals surface area (Å²) in [5.41, 5.74) is 0. The van der Waals surface area contributed by atoms with E-state index in [0.29, 0.717) is 0 Å². The Morgan fingerprint density at radius 1 is 1.50 bits per heavy atom. The van der Waals surface area contributed by atoms with Crippen molar-refractivity contribution in [2.24, 2.45) is 0 Å². The van der Waals surface area contributed by atoms with Gasteiger partial charge in [0.15, 0.2) is 0 Å². The van der Waals surface area contributed by atoms with E-state index in [0.717, 1.165) is 0 Å². The molecular weight excluding hydrogens is 118 g/mol. The Bertz CT molecular complexity index is 64.0. The van der Waals surface area contributed by atoms with Crippen LogP contribution in [-0.4, -0.2) is 4.98 Å². The number of aromatic nitrogens is 1. The summed E-state index contributed by atoms with van der Waals surface area (Å²) in [6.45, 7) is 0. The molecule has 2 heteroatoms. The summed E-state index contributed by atoms with van der Waals surface area (Å²) in [4.78, 5) is 2.74. The predicted octanol–water partition coefficient (Wildman–Crippen LogP) is 0.812. The van der Waals surface area contributed by atoms with Crippen molar-refractivity contribution in [3.63, 3.8) is 0 Å². The van der Waals surface area contributed by atoms with E-state index in [1.807, 2.05) is 18.3 Å². The van der Waals surface area contributed by atoms with Crippen LogP contribution in [0.2, 0.25) is 0 Å². The number of hydrogen-bond acceptors (Lipinski definition) is 0. The summed E-state index contributed by atoms with van der Waals surface area (Å²) in [7, 11) is 0. The summed E-state index contributed by atoms with van der Waals surface area (Å²) in [6.07, 6.45) is 4.56. The van der Waals surface area contributed by atoms with E-state index in [-0.39, 0.29) is 17.1 Å². The topological polar surface area (TPSA) is 15.8 Å². The minimum atomic E-state index is 0. The van der Waals surface area contributed by atoms with Crippen LogP contribution >= 0.6 is 0 Å². The summed E-state index contributed by atoms with van der Waals surface area (Å²) >= 11 is 0. The van der Waals surface area contributed by atoms with E-state index in [1.165, 1.54) is 0 Å². The van der Waals surface area contributed by atoms with Crippen molar-refractivity contribution in [3.8, 4) is 0 Å². The molecule has 0 atom stereocenters. The molecule has 0 aliphatic heterocycles. The van der Waals surface area contributed by atoms with E-state index in [1.54, 1.807) is 0 Å². The van der Waals surface area contributed by atoms with E-state index in [4.69, 9.17) is 0 Å². The van der Waals surface area contributed by atoms with Crippen LogP contribution in [0.4, 0.5) is 0 Å². The predicted molar refractivity (Wildman–Crippen MR) is 19.6 cm³/mol. The minimum Gasteiger partial charge on any atom is -0.484 e. The van der Waals surface area contributed by atoms with Gasteiger partial charge in [0.25, 0.3) is 0 Å². The SMILES string of the molecule is [Fe].[c-]1ccc[nH]1. The van der Waals surface area contributed by atoms with Gasteiger partial charge in [-0.25, -0.2) is 0 Å². The Hall–Kier alpha value is -0.201. The maximum Gasteiger partial charge on any atom is 0 e. The van der Waals surface area contributed by atoms with Gasteiger partial charge in [-0.1, -0.05) is 0 Å². The zero-order valence-corrected chi connectivity index (χ0v) is 4.19. The number of nitrogens with one attached hydrogen (secondary N) is 1. The third-order valence-electron chi connectivity index (χ3n) is 0.442. The maximum absolute atomic E-state index is 2.74. The van der Waals surface area contributed by atoms with Crippen molar-refractivity contribution in [1.29, 1.82) is 0 Å². The average Bonchev–Trinajstić information content (AvgIpc) is 1.76. The van der Waals surface area contributed by atoms with E-state index < -0.39 is 0 Å². The largest absolute Gasteiger partial charge is 0.484 e. The molecule has 34 valence electrons. The third kappa shape index (κ3) is 1.29. The second kappa shape index (κ2) is 3.01. The van der Waals surface area contributed by atoms with Crippen molar-refractivity contribution in [2.75, 3.05) is 0 Å². The number of hydrogen-bond donors (Lipinski definition) is 1. The van der Waals surface area contributed by atoms with Crippen molar-refractivity contribution >= 4 is 0 Å². The molecule has 0 saturated heterocycles. The van der Waals surface area contributed by atoms with Crippen LogP contribution in [0.5, 0.6) is 0 Å². The summed E-state index contributed by atoms with van der Waals surface area (Å²) in [6, 6.07) is 3.71. The van der Waals surface area contributed by atoms with Crippen LogP contribution in [-0.2, 0) is 17.1 Å². The van der Waals surface area contributed by atoms with Crippen molar-refractivity contribution in [1.82, 2.24) is 4.98 Å². The van der Waals surface area contributed by atoms with Gasteiger partial charge >= 0.3 is 0 Å². The van der Waals surface area contributed by atoms with Crippen LogP contribution in [0.25, 0.3) is 0 Å². The summed E-state index contributed by atoms with van der Waals surface area (Å²) in [5.74, 6) is 0. The molecule has 0 saturated carbocycles. The van der Waals surface area contributed by atoms with Gasteiger partial charge in [0.05, 0.1) is 0 Å². The van der Waals surface area contributed by atoms with Crippen molar-refractivity contribution in [3.05, 3.63) is 24.5 Å². The first-order valence-corrected chi connectivity index (χ1v) is 1.49. The molecule has 1 aromatic heterocycles. The fraction of sp³-hybridized carbons (Fsp3) is 0. The fourth-order valence-corrected chi connectivity index (χ4v) is 0.241. The molecule has 0 radical (unpaired) electrons. The quantitative estimate of drug-likeness (QED) is 0.387. The molecule has 1 N–H and O–H groups in total.